The van der Waals surface area contributed by atoms with Gasteiger partial charge in [0.1, 0.15) is 11.5 Å². The second-order valence-corrected chi connectivity index (χ2v) is 6.89. The number of nitrogen functional groups attached to an aromatic ring is 1. The highest BCUT2D eigenvalue weighted by molar-refractivity contribution is 6.05. The maximum atomic E-state index is 12.6. The lowest BCUT2D eigenvalue weighted by Gasteiger charge is -2.11. The SMILES string of the molecule is CC(C)Cn1c(=O)[nH]c(N)c(NC(=O)c2cnn(Cc3ccccc3)c2)c1=O. The minimum Gasteiger partial charge on any atom is -0.383 e. The highest BCUT2D eigenvalue weighted by Gasteiger charge is 2.17. The molecular formula is C19H22N6O3. The normalized spacial score (nSPS) is 11.0. The van der Waals surface area contributed by atoms with Gasteiger partial charge in [0.15, 0.2) is 0 Å². The fourth-order valence-electron chi connectivity index (χ4n) is 2.76. The molecule has 0 aliphatic heterocycles. The summed E-state index contributed by atoms with van der Waals surface area (Å²) in [5.41, 5.74) is 5.67. The Hall–Kier alpha value is -3.62. The number of aromatic nitrogens is 4. The molecular weight excluding hydrogens is 360 g/mol. The van der Waals surface area contributed by atoms with Crippen LogP contribution < -0.4 is 22.3 Å². The third kappa shape index (κ3) is 4.20. The van der Waals surface area contributed by atoms with Crippen molar-refractivity contribution in [1.82, 2.24) is 19.3 Å². The Labute approximate surface area is 160 Å². The molecule has 9 heteroatoms. The number of aromatic amines is 1. The molecule has 0 atom stereocenters. The van der Waals surface area contributed by atoms with Gasteiger partial charge in [-0.3, -0.25) is 23.8 Å². The van der Waals surface area contributed by atoms with Crippen LogP contribution in [0, 0.1) is 5.92 Å². The largest absolute Gasteiger partial charge is 0.383 e. The second-order valence-electron chi connectivity index (χ2n) is 6.89. The van der Waals surface area contributed by atoms with Gasteiger partial charge in [0.25, 0.3) is 11.5 Å². The molecule has 2 aromatic heterocycles. The van der Waals surface area contributed by atoms with E-state index < -0.39 is 17.2 Å². The van der Waals surface area contributed by atoms with E-state index in [4.69, 9.17) is 5.73 Å². The van der Waals surface area contributed by atoms with Crippen molar-refractivity contribution in [1.29, 1.82) is 0 Å². The van der Waals surface area contributed by atoms with E-state index in [0.717, 1.165) is 10.1 Å². The number of nitrogens with two attached hydrogens (primary N) is 1. The van der Waals surface area contributed by atoms with E-state index in [2.05, 4.69) is 15.4 Å². The third-order valence-electron chi connectivity index (χ3n) is 4.08. The first-order valence-corrected chi connectivity index (χ1v) is 8.85. The third-order valence-corrected chi connectivity index (χ3v) is 4.08. The molecule has 9 nitrogen and oxygen atoms in total. The number of amides is 1. The molecule has 0 unspecified atom stereocenters. The first-order chi connectivity index (χ1) is 13.3. The van der Waals surface area contributed by atoms with Gasteiger partial charge in [-0.05, 0) is 11.5 Å². The van der Waals surface area contributed by atoms with E-state index in [0.29, 0.717) is 6.54 Å². The number of carbonyl (C=O) groups excluding carboxylic acids is 1. The predicted octanol–water partition coefficient (Wildman–Crippen LogP) is 1.27. The average molecular weight is 382 g/mol. The van der Waals surface area contributed by atoms with Crippen LogP contribution in [0.1, 0.15) is 29.8 Å². The van der Waals surface area contributed by atoms with Crippen molar-refractivity contribution in [3.63, 3.8) is 0 Å². The van der Waals surface area contributed by atoms with Crippen LogP contribution in [-0.2, 0) is 13.1 Å². The molecule has 0 saturated heterocycles. The van der Waals surface area contributed by atoms with Crippen LogP contribution in [0.4, 0.5) is 11.5 Å². The number of nitrogens with zero attached hydrogens (tertiary/aromatic N) is 3. The lowest BCUT2D eigenvalue weighted by Crippen LogP contribution is -2.39. The zero-order chi connectivity index (χ0) is 20.3. The van der Waals surface area contributed by atoms with Crippen molar-refractivity contribution in [2.75, 3.05) is 11.1 Å². The Morgan fingerprint density at radius 3 is 2.64 bits per heavy atom. The molecule has 0 spiro atoms. The highest BCUT2D eigenvalue weighted by atomic mass is 16.2. The van der Waals surface area contributed by atoms with Crippen LogP contribution in [-0.4, -0.2) is 25.2 Å². The molecule has 28 heavy (non-hydrogen) atoms. The van der Waals surface area contributed by atoms with Crippen molar-refractivity contribution >= 4 is 17.4 Å². The molecule has 4 N–H and O–H groups in total. The smallest absolute Gasteiger partial charge is 0.330 e. The summed E-state index contributed by atoms with van der Waals surface area (Å²) < 4.78 is 2.65. The van der Waals surface area contributed by atoms with Crippen LogP contribution in [0.5, 0.6) is 0 Å². The summed E-state index contributed by atoms with van der Waals surface area (Å²) in [7, 11) is 0. The number of benzene rings is 1. The number of rotatable bonds is 6. The molecule has 0 bridgehead atoms. The van der Waals surface area contributed by atoms with Crippen LogP contribution in [0.25, 0.3) is 0 Å². The van der Waals surface area contributed by atoms with Gasteiger partial charge in [-0.1, -0.05) is 44.2 Å². The summed E-state index contributed by atoms with van der Waals surface area (Å²) in [6.45, 7) is 4.48. The molecule has 2 heterocycles. The molecule has 0 aliphatic carbocycles. The van der Waals surface area contributed by atoms with Crippen LogP contribution in [0.15, 0.2) is 52.3 Å². The fraction of sp³-hybridized carbons (Fsp3) is 0.263. The Balaban J connectivity index is 1.82. The second kappa shape index (κ2) is 7.95. The van der Waals surface area contributed by atoms with E-state index in [1.165, 1.54) is 6.20 Å². The van der Waals surface area contributed by atoms with Crippen molar-refractivity contribution in [2.24, 2.45) is 5.92 Å². The van der Waals surface area contributed by atoms with Crippen LogP contribution in [0.2, 0.25) is 0 Å². The molecule has 0 saturated carbocycles. The lowest BCUT2D eigenvalue weighted by atomic mass is 10.2. The number of hydrogen-bond acceptors (Lipinski definition) is 5. The number of nitrogens with one attached hydrogen (secondary N) is 2. The minimum atomic E-state index is -0.639. The van der Waals surface area contributed by atoms with Crippen molar-refractivity contribution in [2.45, 2.75) is 26.9 Å². The highest BCUT2D eigenvalue weighted by Crippen LogP contribution is 2.11. The van der Waals surface area contributed by atoms with Gasteiger partial charge in [-0.2, -0.15) is 5.10 Å². The van der Waals surface area contributed by atoms with Crippen LogP contribution >= 0.6 is 0 Å². The maximum absolute atomic E-state index is 12.6. The number of hydrogen-bond donors (Lipinski definition) is 3. The van der Waals surface area contributed by atoms with Gasteiger partial charge < -0.3 is 11.1 Å². The van der Waals surface area contributed by atoms with Gasteiger partial charge in [0, 0.05) is 12.7 Å². The van der Waals surface area contributed by atoms with E-state index in [1.807, 2.05) is 44.2 Å². The summed E-state index contributed by atoms with van der Waals surface area (Å²) in [5, 5.41) is 6.67. The van der Waals surface area contributed by atoms with E-state index >= 15 is 0 Å². The average Bonchev–Trinajstić information content (AvgIpc) is 3.11. The van der Waals surface area contributed by atoms with E-state index in [1.54, 1.807) is 10.9 Å². The Morgan fingerprint density at radius 2 is 1.96 bits per heavy atom. The summed E-state index contributed by atoms with van der Waals surface area (Å²) in [4.78, 5) is 39.5. The molecule has 0 aliphatic rings. The molecule has 1 aromatic carbocycles. The molecule has 1 amide bonds. The Morgan fingerprint density at radius 1 is 1.25 bits per heavy atom. The van der Waals surface area contributed by atoms with Crippen molar-refractivity contribution < 1.29 is 4.79 Å². The summed E-state index contributed by atoms with van der Waals surface area (Å²) in [5.74, 6) is -0.645. The number of carbonyl (C=O) groups is 1. The Bertz CT molecular complexity index is 1090. The summed E-state index contributed by atoms with van der Waals surface area (Å²) >= 11 is 0. The molecule has 3 aromatic rings. The van der Waals surface area contributed by atoms with E-state index in [9.17, 15) is 14.4 Å². The van der Waals surface area contributed by atoms with Gasteiger partial charge in [-0.15, -0.1) is 0 Å². The summed E-state index contributed by atoms with van der Waals surface area (Å²) in [6, 6.07) is 9.69. The van der Waals surface area contributed by atoms with E-state index in [-0.39, 0.29) is 29.5 Å². The zero-order valence-electron chi connectivity index (χ0n) is 15.7. The number of anilines is 2. The zero-order valence-corrected chi connectivity index (χ0v) is 15.7. The monoisotopic (exact) mass is 382 g/mol. The molecule has 0 fully saturated rings. The first kappa shape index (κ1) is 19.2. The fourth-order valence-corrected chi connectivity index (χ4v) is 2.76. The van der Waals surface area contributed by atoms with Gasteiger partial charge >= 0.3 is 5.69 Å². The topological polar surface area (TPSA) is 128 Å². The van der Waals surface area contributed by atoms with Gasteiger partial charge in [-0.25, -0.2) is 4.79 Å². The van der Waals surface area contributed by atoms with Gasteiger partial charge in [0.2, 0.25) is 0 Å². The quantitative estimate of drug-likeness (QED) is 0.591. The first-order valence-electron chi connectivity index (χ1n) is 8.85. The maximum Gasteiger partial charge on any atom is 0.330 e. The number of H-pyrrole nitrogens is 1. The van der Waals surface area contributed by atoms with Gasteiger partial charge in [0.05, 0.1) is 18.3 Å². The molecule has 3 rings (SSSR count). The lowest BCUT2D eigenvalue weighted by molar-refractivity contribution is 0.102. The Kier molecular flexibility index (Phi) is 5.44. The molecule has 0 radical (unpaired) electrons. The standard InChI is InChI=1S/C19H22N6O3/c1-12(2)9-25-18(27)15(16(20)23-19(25)28)22-17(26)14-8-21-24(11-14)10-13-6-4-3-5-7-13/h3-8,11-12H,9-10,20H2,1-2H3,(H,22,26)(H,23,28). The van der Waals surface area contributed by atoms with Crippen molar-refractivity contribution in [3.8, 4) is 0 Å². The summed E-state index contributed by atoms with van der Waals surface area (Å²) in [6.07, 6.45) is 2.99. The van der Waals surface area contributed by atoms with Crippen LogP contribution in [0.3, 0.4) is 0 Å². The van der Waals surface area contributed by atoms with Crippen molar-refractivity contribution in [3.05, 3.63) is 74.7 Å². The molecule has 146 valence electrons. The minimum absolute atomic E-state index is 0.0715. The predicted molar refractivity (Wildman–Crippen MR) is 106 cm³/mol.